The highest BCUT2D eigenvalue weighted by Crippen LogP contribution is 2.11. The third-order valence-corrected chi connectivity index (χ3v) is 5.72. The molecule has 0 aliphatic heterocycles. The van der Waals surface area contributed by atoms with Gasteiger partial charge in [-0.2, -0.15) is 0 Å². The predicted molar refractivity (Wildman–Crippen MR) is 135 cm³/mol. The molecule has 0 unspecified atom stereocenters. The molecule has 0 aliphatic carbocycles. The summed E-state index contributed by atoms with van der Waals surface area (Å²) in [5.74, 6) is -3.40. The zero-order chi connectivity index (χ0) is 27.8. The number of rotatable bonds is 18. The summed E-state index contributed by atoms with van der Waals surface area (Å²) in [6.45, 7) is 6.80. The maximum Gasteiger partial charge on any atom is 0.243 e. The number of carbonyl (C=O) groups is 5. The highest BCUT2D eigenvalue weighted by molar-refractivity contribution is 5.94. The average molecular weight is 516 g/mol. The van der Waals surface area contributed by atoms with Gasteiger partial charge in [-0.1, -0.05) is 34.1 Å². The first-order valence-electron chi connectivity index (χ1n) is 12.4. The fourth-order valence-corrected chi connectivity index (χ4v) is 3.32. The molecule has 36 heavy (non-hydrogen) atoms. The number of hydrogen-bond donors (Lipinski definition) is 8. The van der Waals surface area contributed by atoms with E-state index < -0.39 is 66.9 Å². The van der Waals surface area contributed by atoms with Crippen molar-refractivity contribution in [1.29, 1.82) is 0 Å². The molecular weight excluding hydrogens is 470 g/mol. The molecule has 0 spiro atoms. The van der Waals surface area contributed by atoms with E-state index in [0.29, 0.717) is 32.2 Å². The zero-order valence-corrected chi connectivity index (χ0v) is 21.8. The van der Waals surface area contributed by atoms with E-state index in [0.717, 1.165) is 0 Å². The number of unbranched alkanes of at least 4 members (excludes halogenated alkanes) is 1. The van der Waals surface area contributed by atoms with Crippen molar-refractivity contribution in [1.82, 2.24) is 21.3 Å². The molecule has 13 heteroatoms. The molecule has 11 N–H and O–H groups in total. The molecule has 0 heterocycles. The Kier molecular flexibility index (Phi) is 16.3. The van der Waals surface area contributed by atoms with Gasteiger partial charge in [-0.05, 0) is 44.1 Å². The molecule has 0 aromatic heterocycles. The summed E-state index contributed by atoms with van der Waals surface area (Å²) in [4.78, 5) is 61.9. The van der Waals surface area contributed by atoms with Crippen LogP contribution in [0.2, 0.25) is 0 Å². The first-order valence-corrected chi connectivity index (χ1v) is 12.4. The molecule has 0 bridgehead atoms. The van der Waals surface area contributed by atoms with E-state index in [2.05, 4.69) is 21.3 Å². The summed E-state index contributed by atoms with van der Waals surface area (Å²) in [5.41, 5.74) is 16.3. The van der Waals surface area contributed by atoms with Crippen molar-refractivity contribution in [3.8, 4) is 0 Å². The predicted octanol–water partition coefficient (Wildman–Crippen LogP) is -2.42. The van der Waals surface area contributed by atoms with Crippen molar-refractivity contribution in [2.24, 2.45) is 29.0 Å². The second kappa shape index (κ2) is 17.6. The molecule has 208 valence electrons. The number of primary amides is 1. The summed E-state index contributed by atoms with van der Waals surface area (Å²) in [6.07, 6.45) is 2.45. The normalized spacial score (nSPS) is 15.2. The van der Waals surface area contributed by atoms with Gasteiger partial charge in [0.25, 0.3) is 0 Å². The van der Waals surface area contributed by atoms with Crippen LogP contribution in [0.1, 0.15) is 59.8 Å². The van der Waals surface area contributed by atoms with E-state index in [-0.39, 0.29) is 18.3 Å². The van der Waals surface area contributed by atoms with E-state index in [4.69, 9.17) is 22.3 Å². The minimum Gasteiger partial charge on any atom is -0.394 e. The van der Waals surface area contributed by atoms with E-state index in [1.807, 2.05) is 20.8 Å². The van der Waals surface area contributed by atoms with Crippen molar-refractivity contribution in [3.05, 3.63) is 0 Å². The third-order valence-electron chi connectivity index (χ3n) is 5.72. The Bertz CT molecular complexity index is 734. The molecule has 0 radical (unpaired) electrons. The smallest absolute Gasteiger partial charge is 0.243 e. The lowest BCUT2D eigenvalue weighted by Crippen LogP contribution is -2.58. The minimum atomic E-state index is -1.18. The van der Waals surface area contributed by atoms with Crippen LogP contribution in [0.15, 0.2) is 0 Å². The second-order valence-corrected chi connectivity index (χ2v) is 9.38. The van der Waals surface area contributed by atoms with Crippen molar-refractivity contribution in [2.75, 3.05) is 19.7 Å². The summed E-state index contributed by atoms with van der Waals surface area (Å²) in [6, 6.07) is -4.01. The van der Waals surface area contributed by atoms with Crippen LogP contribution in [0.3, 0.4) is 0 Å². The monoisotopic (exact) mass is 515 g/mol. The maximum atomic E-state index is 13.0. The molecule has 0 saturated carbocycles. The van der Waals surface area contributed by atoms with Crippen molar-refractivity contribution < 1.29 is 29.1 Å². The Hall–Kier alpha value is -2.77. The van der Waals surface area contributed by atoms with Gasteiger partial charge in [-0.25, -0.2) is 0 Å². The van der Waals surface area contributed by atoms with E-state index in [1.54, 1.807) is 6.92 Å². The first-order chi connectivity index (χ1) is 16.9. The van der Waals surface area contributed by atoms with E-state index in [9.17, 15) is 24.0 Å². The lowest BCUT2D eigenvalue weighted by atomic mass is 9.96. The Morgan fingerprint density at radius 2 is 1.53 bits per heavy atom. The van der Waals surface area contributed by atoms with Gasteiger partial charge in [-0.15, -0.1) is 0 Å². The fourth-order valence-electron chi connectivity index (χ4n) is 3.32. The minimum absolute atomic E-state index is 0.0361. The van der Waals surface area contributed by atoms with Gasteiger partial charge in [0.1, 0.15) is 24.2 Å². The topological polar surface area (TPSA) is 232 Å². The highest BCUT2D eigenvalue weighted by Gasteiger charge is 2.31. The summed E-state index contributed by atoms with van der Waals surface area (Å²) in [5, 5.41) is 19.3. The molecule has 0 aliphatic rings. The van der Waals surface area contributed by atoms with E-state index in [1.165, 1.54) is 0 Å². The number of aliphatic hydroxyl groups excluding tert-OH is 1. The summed E-state index contributed by atoms with van der Waals surface area (Å²) < 4.78 is 0. The Balaban J connectivity index is 5.25. The fraction of sp³-hybridized carbons (Fsp3) is 0.783. The van der Waals surface area contributed by atoms with Crippen LogP contribution in [0.5, 0.6) is 0 Å². The lowest BCUT2D eigenvalue weighted by Gasteiger charge is -2.27. The van der Waals surface area contributed by atoms with Gasteiger partial charge in [0.15, 0.2) is 0 Å². The van der Waals surface area contributed by atoms with Crippen LogP contribution in [-0.2, 0) is 24.0 Å². The Morgan fingerprint density at radius 3 is 2.03 bits per heavy atom. The SMILES string of the molecule is CC[C@H](C)[C@H](NC(=O)[C@H](CC(C)C)NC(=O)[C@@H](N)CO)C(=O)NCC(=O)N[C@@H](CCCCN)C(N)=O. The van der Waals surface area contributed by atoms with Gasteiger partial charge in [0.05, 0.1) is 13.2 Å². The van der Waals surface area contributed by atoms with Crippen molar-refractivity contribution >= 4 is 29.5 Å². The Labute approximate surface area is 213 Å². The number of aliphatic hydroxyl groups is 1. The van der Waals surface area contributed by atoms with Crippen LogP contribution in [0.4, 0.5) is 0 Å². The van der Waals surface area contributed by atoms with Crippen LogP contribution < -0.4 is 38.5 Å². The van der Waals surface area contributed by atoms with Gasteiger partial charge in [-0.3, -0.25) is 24.0 Å². The van der Waals surface area contributed by atoms with Crippen molar-refractivity contribution in [3.63, 3.8) is 0 Å². The number of hydrogen-bond acceptors (Lipinski definition) is 8. The number of carbonyl (C=O) groups excluding carboxylic acids is 5. The second-order valence-electron chi connectivity index (χ2n) is 9.38. The average Bonchev–Trinajstić information content (AvgIpc) is 2.83. The molecule has 5 amide bonds. The van der Waals surface area contributed by atoms with Crippen LogP contribution >= 0.6 is 0 Å². The third kappa shape index (κ3) is 12.8. The van der Waals surface area contributed by atoms with Crippen LogP contribution in [0, 0.1) is 11.8 Å². The molecule has 0 rings (SSSR count). The lowest BCUT2D eigenvalue weighted by molar-refractivity contribution is -0.134. The molecule has 0 fully saturated rings. The van der Waals surface area contributed by atoms with Gasteiger partial charge >= 0.3 is 0 Å². The van der Waals surface area contributed by atoms with Gasteiger partial charge < -0.3 is 43.6 Å². The van der Waals surface area contributed by atoms with Crippen molar-refractivity contribution in [2.45, 2.75) is 84.0 Å². The standard InChI is InChI=1S/C23H45N7O6/c1-5-14(4)19(30-22(35)17(10-13(2)3)29-21(34)15(25)12-31)23(36)27-11-18(32)28-16(20(26)33)8-6-7-9-24/h13-17,19,31H,5-12,24-25H2,1-4H3,(H2,26,33)(H,27,36)(H,28,32)(H,29,34)(H,30,35)/t14-,15-,16-,17-,19-/m0/s1. The molecule has 13 nitrogen and oxygen atoms in total. The van der Waals surface area contributed by atoms with Gasteiger partial charge in [0.2, 0.25) is 29.5 Å². The molecule has 0 saturated heterocycles. The highest BCUT2D eigenvalue weighted by atomic mass is 16.3. The van der Waals surface area contributed by atoms with Crippen LogP contribution in [-0.4, -0.2) is 78.5 Å². The summed E-state index contributed by atoms with van der Waals surface area (Å²) >= 11 is 0. The number of amides is 5. The summed E-state index contributed by atoms with van der Waals surface area (Å²) in [7, 11) is 0. The van der Waals surface area contributed by atoms with E-state index >= 15 is 0 Å². The number of nitrogens with one attached hydrogen (secondary N) is 4. The number of nitrogens with two attached hydrogens (primary N) is 3. The molecule has 0 aromatic carbocycles. The first kappa shape index (κ1) is 33.2. The molecule has 5 atom stereocenters. The zero-order valence-electron chi connectivity index (χ0n) is 21.8. The molecular formula is C23H45N7O6. The maximum absolute atomic E-state index is 13.0. The van der Waals surface area contributed by atoms with Gasteiger partial charge in [0, 0.05) is 0 Å². The molecule has 0 aromatic rings. The Morgan fingerprint density at radius 1 is 0.889 bits per heavy atom. The quantitative estimate of drug-likeness (QED) is 0.0913. The largest absolute Gasteiger partial charge is 0.394 e. The van der Waals surface area contributed by atoms with Crippen LogP contribution in [0.25, 0.3) is 0 Å².